The highest BCUT2D eigenvalue weighted by Crippen LogP contribution is 2.31. The van der Waals surface area contributed by atoms with E-state index in [9.17, 15) is 0 Å². The largest absolute Gasteiger partial charge is 0.460 e. The highest BCUT2D eigenvalue weighted by atomic mass is 79.9. The van der Waals surface area contributed by atoms with Crippen molar-refractivity contribution < 1.29 is 8.53 Å². The third kappa shape index (κ3) is 1.15. The third-order valence-corrected chi connectivity index (χ3v) is 2.68. The molecule has 0 amide bonds. The smallest absolute Gasteiger partial charge is 0.135 e. The second-order valence-electron chi connectivity index (χ2n) is 2.37. The van der Waals surface area contributed by atoms with Crippen molar-refractivity contribution in [3.05, 3.63) is 33.4 Å². The summed E-state index contributed by atoms with van der Waals surface area (Å²) in [5, 5.41) is 0.438. The van der Waals surface area contributed by atoms with Gasteiger partial charge >= 0.3 is 0 Å². The lowest BCUT2D eigenvalue weighted by Crippen LogP contribution is -1.65. The zero-order valence-electron chi connectivity index (χ0n) is 9.16. The van der Waals surface area contributed by atoms with E-state index in [-0.39, 0.29) is 28.7 Å². The highest BCUT2D eigenvalue weighted by Gasteiger charge is 2.07. The molecule has 0 aliphatic carbocycles. The average molecular weight is 249 g/mol. The predicted octanol–water partition coefficient (Wildman–Crippen LogP) is 4.16. The van der Waals surface area contributed by atoms with E-state index >= 15 is 0 Å². The number of hydrogen-bond donors (Lipinski definition) is 0. The van der Waals surface area contributed by atoms with Crippen LogP contribution in [0.25, 0.3) is 11.0 Å². The summed E-state index contributed by atoms with van der Waals surface area (Å²) in [5.74, 6) is 0.577. The SMILES string of the molecule is [2H]c1c(Cl)c([2H])c2c(Br)c(C)oc2c1[2H]. The Hall–Kier alpha value is -0.470. The van der Waals surface area contributed by atoms with E-state index in [1.54, 1.807) is 6.92 Å². The van der Waals surface area contributed by atoms with Crippen LogP contribution in [-0.2, 0) is 0 Å². The molecule has 0 aliphatic heterocycles. The lowest BCUT2D eigenvalue weighted by atomic mass is 10.2. The number of hydrogen-bond acceptors (Lipinski definition) is 1. The normalized spacial score (nSPS) is 14.4. The molecule has 0 saturated heterocycles. The molecule has 62 valence electrons. The highest BCUT2D eigenvalue weighted by molar-refractivity contribution is 9.10. The summed E-state index contributed by atoms with van der Waals surface area (Å²) in [6.45, 7) is 1.72. The lowest BCUT2D eigenvalue weighted by Gasteiger charge is -1.88. The van der Waals surface area contributed by atoms with E-state index in [1.807, 2.05) is 0 Å². The topological polar surface area (TPSA) is 13.1 Å². The van der Waals surface area contributed by atoms with Gasteiger partial charge in [0.15, 0.2) is 0 Å². The zero-order chi connectivity index (χ0) is 11.3. The van der Waals surface area contributed by atoms with Gasteiger partial charge in [-0.25, -0.2) is 0 Å². The first-order valence-corrected chi connectivity index (χ1v) is 4.46. The van der Waals surface area contributed by atoms with Gasteiger partial charge in [0.1, 0.15) is 11.3 Å². The van der Waals surface area contributed by atoms with Crippen LogP contribution in [0.2, 0.25) is 5.02 Å². The second-order valence-corrected chi connectivity index (χ2v) is 3.54. The first-order chi connectivity index (χ1) is 6.95. The minimum Gasteiger partial charge on any atom is -0.460 e. The summed E-state index contributed by atoms with van der Waals surface area (Å²) in [4.78, 5) is 0. The average Bonchev–Trinajstić information content (AvgIpc) is 2.50. The van der Waals surface area contributed by atoms with Crippen LogP contribution >= 0.6 is 27.5 Å². The molecule has 0 aliphatic rings. The zero-order valence-corrected chi connectivity index (χ0v) is 8.51. The molecule has 0 fully saturated rings. The van der Waals surface area contributed by atoms with Gasteiger partial charge in [-0.1, -0.05) is 11.6 Å². The third-order valence-electron chi connectivity index (χ3n) is 1.53. The van der Waals surface area contributed by atoms with Gasteiger partial charge in [0.05, 0.1) is 8.58 Å². The van der Waals surface area contributed by atoms with Gasteiger partial charge < -0.3 is 4.42 Å². The van der Waals surface area contributed by atoms with E-state index in [0.717, 1.165) is 0 Å². The quantitative estimate of drug-likeness (QED) is 0.682. The van der Waals surface area contributed by atoms with Crippen LogP contribution in [0.3, 0.4) is 0 Å². The Morgan fingerprint density at radius 2 is 2.33 bits per heavy atom. The van der Waals surface area contributed by atoms with Crippen LogP contribution in [0.5, 0.6) is 0 Å². The number of aryl methyl sites for hydroxylation is 1. The molecular formula is C9H6BrClO. The standard InChI is InChI=1S/C9H6BrClO/c1-5-9(10)7-4-6(11)2-3-8(7)12-5/h2-4H,1H3/i2D,3D,4D. The van der Waals surface area contributed by atoms with Crippen molar-refractivity contribution in [1.29, 1.82) is 0 Å². The van der Waals surface area contributed by atoms with E-state index in [0.29, 0.717) is 15.6 Å². The first-order valence-electron chi connectivity index (χ1n) is 4.79. The molecule has 3 heteroatoms. The van der Waals surface area contributed by atoms with Crippen LogP contribution < -0.4 is 0 Å². The fourth-order valence-corrected chi connectivity index (χ4v) is 1.48. The van der Waals surface area contributed by atoms with Gasteiger partial charge in [0, 0.05) is 10.4 Å². The van der Waals surface area contributed by atoms with Crippen molar-refractivity contribution in [1.82, 2.24) is 0 Å². The van der Waals surface area contributed by atoms with Gasteiger partial charge in [0.25, 0.3) is 0 Å². The molecule has 0 unspecified atom stereocenters. The fraction of sp³-hybridized carbons (Fsp3) is 0.111. The molecule has 0 radical (unpaired) electrons. The van der Waals surface area contributed by atoms with Crippen molar-refractivity contribution in [3.8, 4) is 0 Å². The van der Waals surface area contributed by atoms with Crippen LogP contribution in [0.15, 0.2) is 27.0 Å². The maximum atomic E-state index is 7.75. The van der Waals surface area contributed by atoms with E-state index in [4.69, 9.17) is 20.1 Å². The van der Waals surface area contributed by atoms with Crippen molar-refractivity contribution >= 4 is 38.5 Å². The summed E-state index contributed by atoms with van der Waals surface area (Å²) in [5.41, 5.74) is 0.235. The van der Waals surface area contributed by atoms with Gasteiger partial charge in [-0.3, -0.25) is 0 Å². The first kappa shape index (κ1) is 5.30. The van der Waals surface area contributed by atoms with Crippen molar-refractivity contribution in [2.75, 3.05) is 0 Å². The molecule has 0 N–H and O–H groups in total. The van der Waals surface area contributed by atoms with E-state index in [1.165, 1.54) is 0 Å². The molecule has 1 aromatic carbocycles. The molecule has 2 rings (SSSR count). The maximum absolute atomic E-state index is 7.75. The minimum absolute atomic E-state index is 0.0194. The molecule has 1 heterocycles. The second kappa shape index (κ2) is 2.79. The summed E-state index contributed by atoms with van der Waals surface area (Å²) >= 11 is 9.06. The van der Waals surface area contributed by atoms with Crippen LogP contribution in [0, 0.1) is 6.92 Å². The van der Waals surface area contributed by atoms with Crippen molar-refractivity contribution in [2.45, 2.75) is 6.92 Å². The lowest BCUT2D eigenvalue weighted by molar-refractivity contribution is 0.576. The molecule has 0 atom stereocenters. The van der Waals surface area contributed by atoms with Gasteiger partial charge in [-0.2, -0.15) is 0 Å². The van der Waals surface area contributed by atoms with Crippen molar-refractivity contribution in [3.63, 3.8) is 0 Å². The number of rotatable bonds is 0. The van der Waals surface area contributed by atoms with Crippen LogP contribution in [0.1, 0.15) is 9.87 Å². The summed E-state index contributed by atoms with van der Waals surface area (Å²) in [6, 6.07) is -0.230. The predicted molar refractivity (Wildman–Crippen MR) is 53.7 cm³/mol. The molecule has 0 saturated carbocycles. The Bertz CT molecular complexity index is 564. The van der Waals surface area contributed by atoms with Crippen molar-refractivity contribution in [2.24, 2.45) is 0 Å². The Morgan fingerprint density at radius 3 is 3.08 bits per heavy atom. The van der Waals surface area contributed by atoms with Gasteiger partial charge in [-0.05, 0) is 41.0 Å². The molecule has 1 nitrogen and oxygen atoms in total. The molecule has 1 aromatic heterocycles. The number of benzene rings is 1. The molecular weight excluding hydrogens is 239 g/mol. The summed E-state index contributed by atoms with van der Waals surface area (Å²) < 4.78 is 28.9. The Kier molecular flexibility index (Phi) is 1.23. The molecule has 2 aromatic rings. The minimum atomic E-state index is -0.171. The monoisotopic (exact) mass is 247 g/mol. The van der Waals surface area contributed by atoms with Crippen LogP contribution in [0.4, 0.5) is 0 Å². The number of fused-ring (bicyclic) bond motifs is 1. The maximum Gasteiger partial charge on any atom is 0.135 e. The summed E-state index contributed by atoms with van der Waals surface area (Å²) in [6.07, 6.45) is 0. The van der Waals surface area contributed by atoms with Crippen LogP contribution in [-0.4, -0.2) is 0 Å². The number of halogens is 2. The van der Waals surface area contributed by atoms with Gasteiger partial charge in [-0.15, -0.1) is 0 Å². The van der Waals surface area contributed by atoms with Gasteiger partial charge in [0.2, 0.25) is 0 Å². The van der Waals surface area contributed by atoms with E-state index in [2.05, 4.69) is 15.9 Å². The molecule has 12 heavy (non-hydrogen) atoms. The number of furan rings is 1. The summed E-state index contributed by atoms with van der Waals surface area (Å²) in [7, 11) is 0. The molecule has 0 spiro atoms. The Balaban J connectivity index is 3.07. The van der Waals surface area contributed by atoms with E-state index < -0.39 is 0 Å². The molecule has 0 bridgehead atoms. The Morgan fingerprint density at radius 1 is 1.58 bits per heavy atom. The fourth-order valence-electron chi connectivity index (χ4n) is 0.977. The Labute approximate surface area is 87.7 Å².